The molecule has 140 valence electrons. The standard InChI is InChI=1S/C17H18F2N2O4S/c1-9-4-12-14(6-18)26-15(20-16(23)24)21-17(12,8-25-9)11-5-10(7-22)2-3-13(11)19/h2-3,5,7,9,12,14H,4,6,8H2,1H3,(H,20,21)(H,23,24)/t9-,12-,14+,17+/m0/s1. The highest BCUT2D eigenvalue weighted by molar-refractivity contribution is 8.14. The number of carbonyl (C=O) groups is 2. The van der Waals surface area contributed by atoms with Crippen LogP contribution in [0.15, 0.2) is 23.2 Å². The molecule has 2 aliphatic rings. The van der Waals surface area contributed by atoms with Gasteiger partial charge in [-0.2, -0.15) is 0 Å². The van der Waals surface area contributed by atoms with Crippen LogP contribution in [0.4, 0.5) is 13.6 Å². The number of halogens is 2. The van der Waals surface area contributed by atoms with Crippen molar-refractivity contribution in [1.29, 1.82) is 0 Å². The number of fused-ring (bicyclic) bond motifs is 1. The molecular weight excluding hydrogens is 366 g/mol. The van der Waals surface area contributed by atoms with Gasteiger partial charge in [-0.1, -0.05) is 11.8 Å². The van der Waals surface area contributed by atoms with E-state index in [1.807, 2.05) is 6.92 Å². The number of hydrogen-bond acceptors (Lipinski definition) is 5. The Hall–Kier alpha value is -2.00. The van der Waals surface area contributed by atoms with Crippen LogP contribution in [-0.4, -0.2) is 47.3 Å². The predicted octanol–water partition coefficient (Wildman–Crippen LogP) is 2.97. The molecule has 0 radical (unpaired) electrons. The molecule has 2 aliphatic heterocycles. The SMILES string of the molecule is C[C@H]1C[C@H]2[C@@H](CF)SC(NC(=O)O)=N[C@@]2(c2cc(C=O)ccc2F)CO1. The number of carbonyl (C=O) groups excluding carboxylic acids is 1. The van der Waals surface area contributed by atoms with Crippen LogP contribution in [0, 0.1) is 11.7 Å². The van der Waals surface area contributed by atoms with Gasteiger partial charge in [0.05, 0.1) is 12.7 Å². The van der Waals surface area contributed by atoms with Crippen LogP contribution in [0.3, 0.4) is 0 Å². The highest BCUT2D eigenvalue weighted by Crippen LogP contribution is 2.50. The second-order valence-corrected chi connectivity index (χ2v) is 7.63. The van der Waals surface area contributed by atoms with E-state index in [9.17, 15) is 18.4 Å². The molecule has 3 rings (SSSR count). The van der Waals surface area contributed by atoms with Gasteiger partial charge in [-0.05, 0) is 31.5 Å². The van der Waals surface area contributed by atoms with Gasteiger partial charge in [-0.25, -0.2) is 18.6 Å². The van der Waals surface area contributed by atoms with Crippen LogP contribution in [0.25, 0.3) is 0 Å². The van der Waals surface area contributed by atoms with Gasteiger partial charge < -0.3 is 9.84 Å². The average molecular weight is 384 g/mol. The molecule has 0 bridgehead atoms. The number of amides is 1. The predicted molar refractivity (Wildman–Crippen MR) is 92.9 cm³/mol. The van der Waals surface area contributed by atoms with Gasteiger partial charge in [-0.15, -0.1) is 0 Å². The lowest BCUT2D eigenvalue weighted by Crippen LogP contribution is -2.54. The Morgan fingerprint density at radius 2 is 2.35 bits per heavy atom. The summed E-state index contributed by atoms with van der Waals surface area (Å²) in [5.74, 6) is -1.00. The molecule has 26 heavy (non-hydrogen) atoms. The zero-order valence-electron chi connectivity index (χ0n) is 13.9. The number of aliphatic imine (C=N–C) groups is 1. The lowest BCUT2D eigenvalue weighted by molar-refractivity contribution is -0.0558. The summed E-state index contributed by atoms with van der Waals surface area (Å²) in [6, 6.07) is 3.88. The lowest BCUT2D eigenvalue weighted by atomic mass is 9.72. The number of carboxylic acid groups (broad SMARTS) is 1. The number of nitrogens with zero attached hydrogens (tertiary/aromatic N) is 1. The van der Waals surface area contributed by atoms with Gasteiger partial charge in [0.1, 0.15) is 24.3 Å². The molecular formula is C17H18F2N2O4S. The zero-order chi connectivity index (χ0) is 18.9. The van der Waals surface area contributed by atoms with Crippen LogP contribution in [0.1, 0.15) is 29.3 Å². The van der Waals surface area contributed by atoms with E-state index in [-0.39, 0.29) is 29.0 Å². The first-order chi connectivity index (χ1) is 12.4. The Balaban J connectivity index is 2.19. The third kappa shape index (κ3) is 3.33. The maximum Gasteiger partial charge on any atom is 0.410 e. The third-order valence-corrected chi connectivity index (χ3v) is 5.93. The van der Waals surface area contributed by atoms with E-state index in [0.717, 1.165) is 17.8 Å². The molecule has 1 amide bonds. The van der Waals surface area contributed by atoms with Crippen molar-refractivity contribution in [2.45, 2.75) is 30.2 Å². The van der Waals surface area contributed by atoms with Crippen molar-refractivity contribution in [2.24, 2.45) is 10.9 Å². The van der Waals surface area contributed by atoms with Crippen molar-refractivity contribution in [3.63, 3.8) is 0 Å². The Morgan fingerprint density at radius 3 is 3.00 bits per heavy atom. The summed E-state index contributed by atoms with van der Waals surface area (Å²) < 4.78 is 34.2. The molecule has 2 N–H and O–H groups in total. The molecule has 0 spiro atoms. The van der Waals surface area contributed by atoms with Gasteiger partial charge in [0.15, 0.2) is 5.17 Å². The number of amidine groups is 1. The van der Waals surface area contributed by atoms with Crippen molar-refractivity contribution in [1.82, 2.24) is 5.32 Å². The van der Waals surface area contributed by atoms with Crippen LogP contribution < -0.4 is 5.32 Å². The van der Waals surface area contributed by atoms with Gasteiger partial charge in [0.25, 0.3) is 0 Å². The molecule has 2 heterocycles. The van der Waals surface area contributed by atoms with E-state index in [4.69, 9.17) is 9.84 Å². The summed E-state index contributed by atoms with van der Waals surface area (Å²) in [4.78, 5) is 26.6. The molecule has 1 aromatic carbocycles. The maximum absolute atomic E-state index is 14.7. The Bertz CT molecular complexity index is 760. The molecule has 0 aromatic heterocycles. The number of hydrogen-bond donors (Lipinski definition) is 2. The highest BCUT2D eigenvalue weighted by atomic mass is 32.2. The quantitative estimate of drug-likeness (QED) is 0.783. The number of rotatable bonds is 3. The molecule has 9 heteroatoms. The molecule has 0 saturated carbocycles. The third-order valence-electron chi connectivity index (χ3n) is 4.76. The first-order valence-electron chi connectivity index (χ1n) is 8.09. The Kier molecular flexibility index (Phi) is 5.29. The van der Waals surface area contributed by atoms with E-state index in [2.05, 4.69) is 10.3 Å². The Morgan fingerprint density at radius 1 is 1.58 bits per heavy atom. The summed E-state index contributed by atoms with van der Waals surface area (Å²) in [5.41, 5.74) is -0.927. The van der Waals surface area contributed by atoms with Crippen LogP contribution in [0.5, 0.6) is 0 Å². The van der Waals surface area contributed by atoms with E-state index >= 15 is 0 Å². The number of thioether (sulfide) groups is 1. The van der Waals surface area contributed by atoms with Crippen molar-refractivity contribution >= 4 is 29.3 Å². The van der Waals surface area contributed by atoms with Crippen molar-refractivity contribution in [3.8, 4) is 0 Å². The van der Waals surface area contributed by atoms with Crippen LogP contribution in [0.2, 0.25) is 0 Å². The highest BCUT2D eigenvalue weighted by Gasteiger charge is 2.53. The molecule has 4 atom stereocenters. The minimum Gasteiger partial charge on any atom is -0.465 e. The molecule has 6 nitrogen and oxygen atoms in total. The first-order valence-corrected chi connectivity index (χ1v) is 8.97. The van der Waals surface area contributed by atoms with E-state index in [0.29, 0.717) is 12.7 Å². The van der Waals surface area contributed by atoms with Crippen LogP contribution in [-0.2, 0) is 10.3 Å². The molecule has 0 unspecified atom stereocenters. The summed E-state index contributed by atoms with van der Waals surface area (Å²) in [5, 5.41) is 10.5. The number of aldehydes is 1. The van der Waals surface area contributed by atoms with E-state index in [1.165, 1.54) is 12.1 Å². The lowest BCUT2D eigenvalue weighted by Gasteiger charge is -2.48. The fourth-order valence-corrected chi connectivity index (χ4v) is 4.79. The fraction of sp³-hybridized carbons (Fsp3) is 0.471. The first kappa shape index (κ1) is 18.8. The summed E-state index contributed by atoms with van der Waals surface area (Å²) in [6.07, 6.45) is -0.472. The van der Waals surface area contributed by atoms with E-state index < -0.39 is 35.3 Å². The second-order valence-electron chi connectivity index (χ2n) is 6.40. The van der Waals surface area contributed by atoms with Crippen molar-refractivity contribution in [3.05, 3.63) is 35.1 Å². The number of benzene rings is 1. The molecule has 1 fully saturated rings. The van der Waals surface area contributed by atoms with Crippen molar-refractivity contribution < 1.29 is 28.2 Å². The molecule has 1 aromatic rings. The monoisotopic (exact) mass is 384 g/mol. The average Bonchev–Trinajstić information content (AvgIpc) is 2.61. The van der Waals surface area contributed by atoms with Crippen molar-refractivity contribution in [2.75, 3.05) is 13.3 Å². The summed E-state index contributed by atoms with van der Waals surface area (Å²) in [6.45, 7) is 1.09. The van der Waals surface area contributed by atoms with Gasteiger partial charge in [0, 0.05) is 22.3 Å². The molecule has 1 saturated heterocycles. The number of ether oxygens (including phenoxy) is 1. The zero-order valence-corrected chi connectivity index (χ0v) is 14.8. The minimum atomic E-state index is -1.34. The Labute approximate surface area is 153 Å². The van der Waals surface area contributed by atoms with Crippen LogP contribution >= 0.6 is 11.8 Å². The van der Waals surface area contributed by atoms with Gasteiger partial charge in [0.2, 0.25) is 0 Å². The summed E-state index contributed by atoms with van der Waals surface area (Å²) >= 11 is 0.992. The second kappa shape index (κ2) is 7.32. The minimum absolute atomic E-state index is 0.00883. The summed E-state index contributed by atoms with van der Waals surface area (Å²) in [7, 11) is 0. The maximum atomic E-state index is 14.7. The van der Waals surface area contributed by atoms with Gasteiger partial charge >= 0.3 is 6.09 Å². The van der Waals surface area contributed by atoms with E-state index in [1.54, 1.807) is 0 Å². The topological polar surface area (TPSA) is 88.0 Å². The smallest absolute Gasteiger partial charge is 0.410 e. The van der Waals surface area contributed by atoms with Gasteiger partial charge in [-0.3, -0.25) is 10.1 Å². The molecule has 0 aliphatic carbocycles. The fourth-order valence-electron chi connectivity index (χ4n) is 3.58. The number of nitrogens with one attached hydrogen (secondary N) is 1. The normalized spacial score (nSPS) is 30.9. The number of alkyl halides is 1. The largest absolute Gasteiger partial charge is 0.465 e.